The molecule has 0 unspecified atom stereocenters. The number of benzene rings is 2. The summed E-state index contributed by atoms with van der Waals surface area (Å²) in [6.07, 6.45) is 1.01. The molecule has 0 radical (unpaired) electrons. The molecule has 2 rings (SSSR count). The third-order valence-electron chi connectivity index (χ3n) is 6.52. The molecule has 0 aliphatic rings. The van der Waals surface area contributed by atoms with Gasteiger partial charge in [0, 0.05) is 0 Å². The second-order valence-corrected chi connectivity index (χ2v) is 15.6. The maximum Gasteiger partial charge on any atom is 0.0880 e. The lowest BCUT2D eigenvalue weighted by molar-refractivity contribution is 0.559. The maximum atomic E-state index is 2.56. The lowest BCUT2D eigenvalue weighted by atomic mass is 9.75. The fraction of sp³-hybridized carbons (Fsp3) is 0.556. The lowest BCUT2D eigenvalue weighted by Gasteiger charge is -2.30. The Kier molecular flexibility index (Phi) is 7.63. The summed E-state index contributed by atoms with van der Waals surface area (Å²) < 4.78 is 0.497. The van der Waals surface area contributed by atoms with E-state index in [0.29, 0.717) is 1.93 Å². The van der Waals surface area contributed by atoms with E-state index in [2.05, 4.69) is 133 Å². The summed E-state index contributed by atoms with van der Waals surface area (Å²) in [6.45, 7) is 25.6. The highest BCUT2D eigenvalue weighted by Crippen LogP contribution is 2.40. The van der Waals surface area contributed by atoms with E-state index in [-0.39, 0.29) is 10.8 Å². The van der Waals surface area contributed by atoms with Gasteiger partial charge in [0.05, 0.1) is 1.93 Å². The summed E-state index contributed by atoms with van der Waals surface area (Å²) in [5.74, 6) is 0. The average molecular weight is 616 g/mol. The molecule has 0 bridgehead atoms. The Hall–Kier alpha value is -0.100. The molecule has 0 saturated carbocycles. The first kappa shape index (κ1) is 25.2. The average Bonchev–Trinajstić information content (AvgIpc) is 2.55. The Morgan fingerprint density at radius 3 is 1.48 bits per heavy atom. The van der Waals surface area contributed by atoms with Crippen molar-refractivity contribution in [3.63, 3.8) is 0 Å². The first-order valence-electron chi connectivity index (χ1n) is 10.6. The number of alkyl halides is 2. The van der Waals surface area contributed by atoms with Crippen molar-refractivity contribution in [2.45, 2.75) is 95.3 Å². The van der Waals surface area contributed by atoms with Crippen molar-refractivity contribution in [1.82, 2.24) is 0 Å². The summed E-state index contributed by atoms with van der Waals surface area (Å²) in [5.41, 5.74) is 15.1. The molecule has 29 heavy (non-hydrogen) atoms. The van der Waals surface area contributed by atoms with E-state index in [1.807, 2.05) is 0 Å². The van der Waals surface area contributed by atoms with Crippen LogP contribution in [-0.4, -0.2) is 0 Å². The Balaban J connectivity index is 2.76. The van der Waals surface area contributed by atoms with Crippen LogP contribution in [0.25, 0.3) is 0 Å². The highest BCUT2D eigenvalue weighted by atomic mass is 127. The van der Waals surface area contributed by atoms with E-state index in [1.165, 1.54) is 55.6 Å². The van der Waals surface area contributed by atoms with Crippen LogP contribution in [0, 0.1) is 34.6 Å². The molecule has 0 spiro atoms. The lowest BCUT2D eigenvalue weighted by Crippen LogP contribution is -2.20. The molecule has 0 aliphatic carbocycles. The standard InChI is InChI=1S/C27H38I2/c1-15-16(2)21(18(4)24(17(15)3)25(28)29)12-20-13-22(26(6,7)8)19(5)23(14-20)27(9,10)11/h13-14,25H,12H2,1-11H3. The van der Waals surface area contributed by atoms with E-state index >= 15 is 0 Å². The number of rotatable bonds is 3. The van der Waals surface area contributed by atoms with Gasteiger partial charge in [-0.2, -0.15) is 0 Å². The zero-order valence-corrected chi connectivity index (χ0v) is 24.5. The van der Waals surface area contributed by atoms with Gasteiger partial charge >= 0.3 is 0 Å². The van der Waals surface area contributed by atoms with E-state index in [4.69, 9.17) is 0 Å². The van der Waals surface area contributed by atoms with Crippen molar-refractivity contribution in [3.8, 4) is 0 Å². The first-order chi connectivity index (χ1) is 13.1. The van der Waals surface area contributed by atoms with Crippen molar-refractivity contribution in [2.75, 3.05) is 0 Å². The number of halogens is 2. The van der Waals surface area contributed by atoms with Crippen LogP contribution in [0.15, 0.2) is 12.1 Å². The quantitative estimate of drug-likeness (QED) is 0.238. The van der Waals surface area contributed by atoms with Crippen LogP contribution >= 0.6 is 45.2 Å². The molecule has 160 valence electrons. The molecular formula is C27H38I2. The number of hydrogen-bond donors (Lipinski definition) is 0. The Bertz CT molecular complexity index is 884. The van der Waals surface area contributed by atoms with Crippen molar-refractivity contribution >= 4 is 45.2 Å². The summed E-state index contributed by atoms with van der Waals surface area (Å²) >= 11 is 5.12. The minimum absolute atomic E-state index is 0.147. The molecule has 2 heteroatoms. The monoisotopic (exact) mass is 616 g/mol. The van der Waals surface area contributed by atoms with Gasteiger partial charge in [-0.05, 0) is 108 Å². The molecule has 0 heterocycles. The van der Waals surface area contributed by atoms with Crippen molar-refractivity contribution in [2.24, 2.45) is 0 Å². The zero-order chi connectivity index (χ0) is 22.5. The summed E-state index contributed by atoms with van der Waals surface area (Å²) in [6, 6.07) is 4.95. The van der Waals surface area contributed by atoms with Gasteiger partial charge in [0.15, 0.2) is 0 Å². The molecule has 2 aromatic rings. The highest BCUT2D eigenvalue weighted by molar-refractivity contribution is 14.2. The van der Waals surface area contributed by atoms with E-state index in [0.717, 1.165) is 6.42 Å². The topological polar surface area (TPSA) is 0 Å². The second-order valence-electron chi connectivity index (χ2n) is 10.7. The summed E-state index contributed by atoms with van der Waals surface area (Å²) in [4.78, 5) is 0. The maximum absolute atomic E-state index is 2.56. The fourth-order valence-corrected chi connectivity index (χ4v) is 6.53. The minimum Gasteiger partial charge on any atom is -0.0657 e. The van der Waals surface area contributed by atoms with Crippen LogP contribution in [0.3, 0.4) is 0 Å². The summed E-state index contributed by atoms with van der Waals surface area (Å²) in [5, 5.41) is 0. The van der Waals surface area contributed by atoms with Crippen LogP contribution < -0.4 is 0 Å². The Labute approximate surface area is 206 Å². The highest BCUT2D eigenvalue weighted by Gasteiger charge is 2.25. The smallest absolute Gasteiger partial charge is 0.0657 e. The third-order valence-corrected chi connectivity index (χ3v) is 7.77. The molecule has 0 amide bonds. The molecule has 0 aromatic heterocycles. The van der Waals surface area contributed by atoms with Crippen LogP contribution in [0.1, 0.15) is 99.1 Å². The predicted octanol–water partition coefficient (Wildman–Crippen LogP) is 9.28. The molecule has 2 aromatic carbocycles. The molecular weight excluding hydrogens is 578 g/mol. The van der Waals surface area contributed by atoms with Crippen molar-refractivity contribution < 1.29 is 0 Å². The van der Waals surface area contributed by atoms with E-state index in [1.54, 1.807) is 0 Å². The van der Waals surface area contributed by atoms with E-state index in [9.17, 15) is 0 Å². The van der Waals surface area contributed by atoms with Gasteiger partial charge < -0.3 is 0 Å². The zero-order valence-electron chi connectivity index (χ0n) is 20.2. The van der Waals surface area contributed by atoms with Crippen molar-refractivity contribution in [3.05, 3.63) is 67.8 Å². The van der Waals surface area contributed by atoms with E-state index < -0.39 is 0 Å². The largest absolute Gasteiger partial charge is 0.0880 e. The normalized spacial score (nSPS) is 12.8. The third kappa shape index (κ3) is 5.22. The van der Waals surface area contributed by atoms with Crippen LogP contribution in [0.4, 0.5) is 0 Å². The van der Waals surface area contributed by atoms with Crippen molar-refractivity contribution in [1.29, 1.82) is 0 Å². The van der Waals surface area contributed by atoms with Gasteiger partial charge in [0.25, 0.3) is 0 Å². The molecule has 0 N–H and O–H groups in total. The predicted molar refractivity (Wildman–Crippen MR) is 148 cm³/mol. The van der Waals surface area contributed by atoms with Gasteiger partial charge in [0.1, 0.15) is 0 Å². The van der Waals surface area contributed by atoms with Crippen LogP contribution in [-0.2, 0) is 17.3 Å². The first-order valence-corrected chi connectivity index (χ1v) is 13.1. The SMILES string of the molecule is Cc1c(C(C)(C)C)cc(Cc2c(C)c(C)c(C)c(C(I)I)c2C)cc1C(C)(C)C. The Morgan fingerprint density at radius 2 is 1.10 bits per heavy atom. The van der Waals surface area contributed by atoms with Gasteiger partial charge in [-0.15, -0.1) is 0 Å². The molecule has 0 nitrogen and oxygen atoms in total. The number of hydrogen-bond acceptors (Lipinski definition) is 0. The van der Waals surface area contributed by atoms with Gasteiger partial charge in [-0.25, -0.2) is 0 Å². The second kappa shape index (κ2) is 8.80. The fourth-order valence-electron chi connectivity index (χ4n) is 4.67. The van der Waals surface area contributed by atoms with Gasteiger partial charge in [0.2, 0.25) is 0 Å². The summed E-state index contributed by atoms with van der Waals surface area (Å²) in [7, 11) is 0. The van der Waals surface area contributed by atoms with Gasteiger partial charge in [-0.3, -0.25) is 0 Å². The van der Waals surface area contributed by atoms with Crippen LogP contribution in [0.2, 0.25) is 0 Å². The molecule has 0 aliphatic heterocycles. The Morgan fingerprint density at radius 1 is 0.655 bits per heavy atom. The molecule has 0 atom stereocenters. The minimum atomic E-state index is 0.147. The molecule has 0 fully saturated rings. The van der Waals surface area contributed by atoms with Gasteiger partial charge in [-0.1, -0.05) is 98.9 Å². The molecule has 0 saturated heterocycles. The van der Waals surface area contributed by atoms with Crippen LogP contribution in [0.5, 0.6) is 0 Å².